The summed E-state index contributed by atoms with van der Waals surface area (Å²) in [5.41, 5.74) is 0.860. The van der Waals surface area contributed by atoms with Gasteiger partial charge in [-0.3, -0.25) is 19.1 Å². The van der Waals surface area contributed by atoms with Crippen molar-refractivity contribution >= 4 is 33.9 Å². The third-order valence-corrected chi connectivity index (χ3v) is 5.54. The first-order valence-corrected chi connectivity index (χ1v) is 9.94. The van der Waals surface area contributed by atoms with E-state index in [1.165, 1.54) is 0 Å². The monoisotopic (exact) mass is 389 g/mol. The summed E-state index contributed by atoms with van der Waals surface area (Å²) in [4.78, 5) is 27.6. The van der Waals surface area contributed by atoms with Crippen LogP contribution in [0.4, 0.5) is 0 Å². The number of hydrogen-bond donors (Lipinski definition) is 0. The minimum absolute atomic E-state index is 0.00853. The van der Waals surface area contributed by atoms with Crippen LogP contribution < -0.4 is 5.43 Å². The van der Waals surface area contributed by atoms with Crippen LogP contribution in [-0.4, -0.2) is 55.1 Å². The van der Waals surface area contributed by atoms with Crippen molar-refractivity contribution in [1.29, 1.82) is 0 Å². The maximum Gasteiger partial charge on any atom is 0.313 e. The number of nitrogens with zero attached hydrogens (tertiary/aromatic N) is 2. The zero-order valence-electron chi connectivity index (χ0n) is 16.8. The molecule has 1 aliphatic heterocycles. The average Bonchev–Trinajstić information content (AvgIpc) is 3.09. The van der Waals surface area contributed by atoms with E-state index in [0.717, 1.165) is 29.4 Å². The van der Waals surface area contributed by atoms with Crippen molar-refractivity contribution < 1.29 is 14.1 Å². The molecule has 5 nitrogen and oxygen atoms in total. The van der Waals surface area contributed by atoms with Crippen molar-refractivity contribution in [3.63, 3.8) is 0 Å². The van der Waals surface area contributed by atoms with E-state index in [9.17, 15) is 9.59 Å². The molecule has 0 saturated heterocycles. The minimum Gasteiger partial charge on any atom is -0.461 e. The topological polar surface area (TPSA) is 49.6 Å². The average molecular weight is 389 g/mol. The fourth-order valence-electron chi connectivity index (χ4n) is 3.74. The van der Waals surface area contributed by atoms with Crippen molar-refractivity contribution in [3.8, 4) is 0 Å². The highest BCUT2D eigenvalue weighted by Gasteiger charge is 2.20. The van der Waals surface area contributed by atoms with E-state index in [0.29, 0.717) is 23.9 Å². The summed E-state index contributed by atoms with van der Waals surface area (Å²) in [5, 5.41) is 3.10. The Kier molecular flexibility index (Phi) is 5.30. The maximum atomic E-state index is 12.9. The smallest absolute Gasteiger partial charge is 0.313 e. The van der Waals surface area contributed by atoms with E-state index in [2.05, 4.69) is 9.48 Å². The highest BCUT2D eigenvalue weighted by atomic mass is 16.5. The molecular formula is C24H25N2O3+. The van der Waals surface area contributed by atoms with Gasteiger partial charge in [-0.2, -0.15) is 0 Å². The van der Waals surface area contributed by atoms with Gasteiger partial charge in [0.25, 0.3) is 0 Å². The van der Waals surface area contributed by atoms with Crippen LogP contribution in [0.3, 0.4) is 0 Å². The van der Waals surface area contributed by atoms with Crippen LogP contribution in [0.2, 0.25) is 0 Å². The summed E-state index contributed by atoms with van der Waals surface area (Å²) in [6.45, 7) is 4.86. The SMILES string of the molecule is CC(C(=O)OCCN1C=[N+](C)CC1)c1ccc2c(=O)c3ccccc3ccc2c1. The summed E-state index contributed by atoms with van der Waals surface area (Å²) in [7, 11) is 2.03. The van der Waals surface area contributed by atoms with Gasteiger partial charge in [0.1, 0.15) is 26.2 Å². The van der Waals surface area contributed by atoms with E-state index in [4.69, 9.17) is 4.74 Å². The molecule has 0 aliphatic carbocycles. The van der Waals surface area contributed by atoms with Crippen LogP contribution in [-0.2, 0) is 9.53 Å². The van der Waals surface area contributed by atoms with Gasteiger partial charge in [-0.05, 0) is 23.3 Å². The predicted molar refractivity (Wildman–Crippen MR) is 116 cm³/mol. The van der Waals surface area contributed by atoms with Crippen LogP contribution in [0, 0.1) is 0 Å². The Morgan fingerprint density at radius 1 is 1.10 bits per heavy atom. The second-order valence-corrected chi connectivity index (χ2v) is 7.62. The summed E-state index contributed by atoms with van der Waals surface area (Å²) < 4.78 is 7.61. The van der Waals surface area contributed by atoms with Gasteiger partial charge in [0, 0.05) is 10.8 Å². The molecule has 0 N–H and O–H groups in total. The number of benzene rings is 2. The molecule has 1 unspecified atom stereocenters. The Bertz CT molecular complexity index is 1170. The molecule has 0 fully saturated rings. The van der Waals surface area contributed by atoms with Gasteiger partial charge >= 0.3 is 5.97 Å². The zero-order valence-corrected chi connectivity index (χ0v) is 16.8. The number of rotatable bonds is 5. The molecule has 4 rings (SSSR count). The largest absolute Gasteiger partial charge is 0.461 e. The van der Waals surface area contributed by atoms with Crippen LogP contribution in [0.15, 0.2) is 59.4 Å². The summed E-state index contributed by atoms with van der Waals surface area (Å²) >= 11 is 0. The van der Waals surface area contributed by atoms with Gasteiger partial charge in [-0.15, -0.1) is 0 Å². The Hall–Kier alpha value is -3.21. The standard InChI is InChI=1S/C24H25N2O3/c1-17(24(28)29-14-13-26-12-11-25(2)16-26)19-9-10-22-20(15-19)8-7-18-5-3-4-6-21(18)23(22)27/h3-10,15-17H,11-14H2,1-2H3/q+1. The molecule has 29 heavy (non-hydrogen) atoms. The van der Waals surface area contributed by atoms with Crippen LogP contribution in [0.1, 0.15) is 18.4 Å². The lowest BCUT2D eigenvalue weighted by atomic mass is 9.98. The van der Waals surface area contributed by atoms with Gasteiger partial charge in [0.2, 0.25) is 6.34 Å². The van der Waals surface area contributed by atoms with Crippen molar-refractivity contribution in [3.05, 3.63) is 70.4 Å². The highest BCUT2D eigenvalue weighted by Crippen LogP contribution is 2.22. The number of hydrogen-bond acceptors (Lipinski definition) is 4. The fourth-order valence-corrected chi connectivity index (χ4v) is 3.74. The maximum absolute atomic E-state index is 12.9. The molecule has 148 valence electrons. The normalized spacial score (nSPS) is 14.8. The summed E-state index contributed by atoms with van der Waals surface area (Å²) in [5.74, 6) is -0.635. The minimum atomic E-state index is -0.389. The first kappa shape index (κ1) is 19.1. The Morgan fingerprint density at radius 3 is 2.66 bits per heavy atom. The number of carbonyl (C=O) groups is 1. The third kappa shape index (κ3) is 3.99. The molecule has 3 aromatic carbocycles. The molecule has 1 atom stereocenters. The summed E-state index contributed by atoms with van der Waals surface area (Å²) in [6, 6.07) is 17.1. The quantitative estimate of drug-likeness (QED) is 0.497. The van der Waals surface area contributed by atoms with Crippen molar-refractivity contribution in [1.82, 2.24) is 4.90 Å². The first-order valence-electron chi connectivity index (χ1n) is 9.94. The molecule has 0 spiro atoms. The highest BCUT2D eigenvalue weighted by molar-refractivity contribution is 5.94. The lowest BCUT2D eigenvalue weighted by Gasteiger charge is -2.13. The van der Waals surface area contributed by atoms with E-state index < -0.39 is 0 Å². The number of likely N-dealkylation sites (N-methyl/N-ethyl adjacent to an activating group) is 1. The van der Waals surface area contributed by atoms with Crippen LogP contribution >= 0.6 is 0 Å². The number of esters is 1. The Balaban J connectivity index is 1.53. The molecular weight excluding hydrogens is 364 g/mol. The van der Waals surface area contributed by atoms with E-state index in [-0.39, 0.29) is 17.3 Å². The zero-order chi connectivity index (χ0) is 20.4. The van der Waals surface area contributed by atoms with E-state index in [1.807, 2.05) is 74.9 Å². The molecule has 3 aromatic rings. The van der Waals surface area contributed by atoms with Crippen molar-refractivity contribution in [2.45, 2.75) is 12.8 Å². The van der Waals surface area contributed by atoms with Crippen molar-refractivity contribution in [2.24, 2.45) is 0 Å². The number of fused-ring (bicyclic) bond motifs is 2. The molecule has 0 aromatic heterocycles. The molecule has 0 bridgehead atoms. The van der Waals surface area contributed by atoms with Gasteiger partial charge in [0.15, 0.2) is 5.43 Å². The predicted octanol–water partition coefficient (Wildman–Crippen LogP) is 2.99. The van der Waals surface area contributed by atoms with Crippen LogP contribution in [0.5, 0.6) is 0 Å². The molecule has 0 saturated carbocycles. The number of carbonyl (C=O) groups excluding carboxylic acids is 1. The van der Waals surface area contributed by atoms with Crippen LogP contribution in [0.25, 0.3) is 21.5 Å². The molecule has 0 radical (unpaired) electrons. The molecule has 5 heteroatoms. The Labute approximate surface area is 169 Å². The van der Waals surface area contributed by atoms with Gasteiger partial charge in [0.05, 0.1) is 13.0 Å². The van der Waals surface area contributed by atoms with Gasteiger partial charge in [-0.25, -0.2) is 0 Å². The second kappa shape index (κ2) is 8.03. The third-order valence-electron chi connectivity index (χ3n) is 5.54. The lowest BCUT2D eigenvalue weighted by molar-refractivity contribution is -0.482. The molecule has 0 amide bonds. The first-order chi connectivity index (χ1) is 14.0. The Morgan fingerprint density at radius 2 is 1.86 bits per heavy atom. The molecule has 1 aliphatic rings. The fraction of sp³-hybridized carbons (Fsp3) is 0.292. The second-order valence-electron chi connectivity index (χ2n) is 7.62. The van der Waals surface area contributed by atoms with E-state index in [1.54, 1.807) is 0 Å². The van der Waals surface area contributed by atoms with Gasteiger partial charge < -0.3 is 4.74 Å². The van der Waals surface area contributed by atoms with Gasteiger partial charge in [-0.1, -0.05) is 54.6 Å². The molecule has 1 heterocycles. The summed E-state index contributed by atoms with van der Waals surface area (Å²) in [6.07, 6.45) is 2.05. The lowest BCUT2D eigenvalue weighted by Crippen LogP contribution is -2.26. The van der Waals surface area contributed by atoms with E-state index >= 15 is 0 Å². The van der Waals surface area contributed by atoms with Crippen molar-refractivity contribution in [2.75, 3.05) is 33.3 Å². The number of ether oxygens (including phenoxy) is 1.